The minimum absolute atomic E-state index is 0.0452. The van der Waals surface area contributed by atoms with Crippen LogP contribution in [-0.2, 0) is 4.74 Å². The molecule has 1 fully saturated rings. The normalized spacial score (nSPS) is 25.1. The summed E-state index contributed by atoms with van der Waals surface area (Å²) in [4.78, 5) is 14.3. The number of aromatic nitrogens is 1. The van der Waals surface area contributed by atoms with Crippen molar-refractivity contribution in [3.63, 3.8) is 0 Å². The van der Waals surface area contributed by atoms with Gasteiger partial charge in [-0.3, -0.25) is 4.79 Å². The minimum Gasteiger partial charge on any atom is -0.372 e. The first kappa shape index (κ1) is 10.4. The van der Waals surface area contributed by atoms with E-state index in [1.54, 1.807) is 6.20 Å². The summed E-state index contributed by atoms with van der Waals surface area (Å²) in [5.41, 5.74) is 0.350. The SMILES string of the molecule is CC1(C)OCCNC1c1ccc[nH]c1=O. The second kappa shape index (κ2) is 3.79. The lowest BCUT2D eigenvalue weighted by molar-refractivity contribution is -0.0725. The fraction of sp³-hybridized carbons (Fsp3) is 0.545. The van der Waals surface area contributed by atoms with Crippen LogP contribution in [0.1, 0.15) is 25.5 Å². The van der Waals surface area contributed by atoms with Gasteiger partial charge in [-0.25, -0.2) is 0 Å². The molecule has 0 radical (unpaired) electrons. The van der Waals surface area contributed by atoms with Crippen LogP contribution in [0.15, 0.2) is 23.1 Å². The standard InChI is InChI=1S/C11H16N2O2/c1-11(2)9(12-6-7-15-11)8-4-3-5-13-10(8)14/h3-5,9,12H,6-7H2,1-2H3,(H,13,14). The summed E-state index contributed by atoms with van der Waals surface area (Å²) in [6.07, 6.45) is 1.64. The van der Waals surface area contributed by atoms with Crippen LogP contribution in [0.3, 0.4) is 0 Å². The Morgan fingerprint density at radius 3 is 3.00 bits per heavy atom. The molecule has 82 valence electrons. The van der Waals surface area contributed by atoms with Crippen molar-refractivity contribution in [3.8, 4) is 0 Å². The summed E-state index contributed by atoms with van der Waals surface area (Å²) in [7, 11) is 0. The maximum atomic E-state index is 11.7. The van der Waals surface area contributed by atoms with Crippen molar-refractivity contribution in [2.75, 3.05) is 13.2 Å². The molecule has 0 spiro atoms. The molecule has 1 aliphatic rings. The molecule has 1 saturated heterocycles. The molecule has 4 heteroatoms. The Kier molecular flexibility index (Phi) is 2.63. The Bertz CT molecular complexity index is 398. The summed E-state index contributed by atoms with van der Waals surface area (Å²) in [6, 6.07) is 3.63. The fourth-order valence-electron chi connectivity index (χ4n) is 1.99. The zero-order valence-electron chi connectivity index (χ0n) is 9.04. The molecule has 0 aliphatic carbocycles. The topological polar surface area (TPSA) is 54.1 Å². The van der Waals surface area contributed by atoms with E-state index in [0.29, 0.717) is 6.61 Å². The van der Waals surface area contributed by atoms with E-state index >= 15 is 0 Å². The van der Waals surface area contributed by atoms with E-state index in [4.69, 9.17) is 4.74 Å². The van der Waals surface area contributed by atoms with Gasteiger partial charge in [-0.2, -0.15) is 0 Å². The van der Waals surface area contributed by atoms with E-state index in [0.717, 1.165) is 12.1 Å². The number of rotatable bonds is 1. The molecule has 15 heavy (non-hydrogen) atoms. The Morgan fingerprint density at radius 1 is 1.53 bits per heavy atom. The van der Waals surface area contributed by atoms with Gasteiger partial charge in [-0.1, -0.05) is 6.07 Å². The number of morpholine rings is 1. The Morgan fingerprint density at radius 2 is 2.33 bits per heavy atom. The molecule has 1 aromatic heterocycles. The summed E-state index contributed by atoms with van der Waals surface area (Å²) in [5.74, 6) is 0. The molecule has 4 nitrogen and oxygen atoms in total. The summed E-state index contributed by atoms with van der Waals surface area (Å²) < 4.78 is 5.67. The molecule has 0 bridgehead atoms. The van der Waals surface area contributed by atoms with Crippen LogP contribution in [-0.4, -0.2) is 23.7 Å². The zero-order chi connectivity index (χ0) is 10.9. The van der Waals surface area contributed by atoms with Crippen LogP contribution in [0.2, 0.25) is 0 Å². The Hall–Kier alpha value is -1.13. The van der Waals surface area contributed by atoms with E-state index in [-0.39, 0.29) is 17.2 Å². The molecule has 2 heterocycles. The molecular formula is C11H16N2O2. The maximum Gasteiger partial charge on any atom is 0.252 e. The first-order valence-corrected chi connectivity index (χ1v) is 5.16. The maximum absolute atomic E-state index is 11.7. The molecule has 1 unspecified atom stereocenters. The molecular weight excluding hydrogens is 192 g/mol. The van der Waals surface area contributed by atoms with Gasteiger partial charge in [0, 0.05) is 18.3 Å². The highest BCUT2D eigenvalue weighted by Crippen LogP contribution is 2.28. The molecule has 2 rings (SSSR count). The molecule has 0 saturated carbocycles. The van der Waals surface area contributed by atoms with Gasteiger partial charge in [0.2, 0.25) is 0 Å². The fourth-order valence-corrected chi connectivity index (χ4v) is 1.99. The number of nitrogens with one attached hydrogen (secondary N) is 2. The first-order chi connectivity index (χ1) is 7.11. The molecule has 0 amide bonds. The van der Waals surface area contributed by atoms with Gasteiger partial charge in [0.15, 0.2) is 0 Å². The van der Waals surface area contributed by atoms with E-state index in [2.05, 4.69) is 10.3 Å². The number of hydrogen-bond acceptors (Lipinski definition) is 3. The van der Waals surface area contributed by atoms with Crippen LogP contribution in [0.25, 0.3) is 0 Å². The number of pyridine rings is 1. The van der Waals surface area contributed by atoms with Crippen molar-refractivity contribution in [1.29, 1.82) is 0 Å². The third kappa shape index (κ3) is 1.96. The van der Waals surface area contributed by atoms with Crippen LogP contribution < -0.4 is 10.9 Å². The number of H-pyrrole nitrogens is 1. The average molecular weight is 208 g/mol. The van der Waals surface area contributed by atoms with Gasteiger partial charge in [-0.15, -0.1) is 0 Å². The zero-order valence-corrected chi connectivity index (χ0v) is 9.04. The van der Waals surface area contributed by atoms with Crippen molar-refractivity contribution in [2.24, 2.45) is 0 Å². The highest BCUT2D eigenvalue weighted by atomic mass is 16.5. The Labute approximate surface area is 88.7 Å². The largest absolute Gasteiger partial charge is 0.372 e. The number of ether oxygens (including phenoxy) is 1. The van der Waals surface area contributed by atoms with Crippen LogP contribution in [0.5, 0.6) is 0 Å². The lowest BCUT2D eigenvalue weighted by Gasteiger charge is -2.39. The number of hydrogen-bond donors (Lipinski definition) is 2. The predicted molar refractivity (Wildman–Crippen MR) is 57.8 cm³/mol. The van der Waals surface area contributed by atoms with Gasteiger partial charge in [0.05, 0.1) is 18.2 Å². The van der Waals surface area contributed by atoms with Gasteiger partial charge < -0.3 is 15.0 Å². The third-order valence-corrected chi connectivity index (χ3v) is 2.78. The predicted octanol–water partition coefficient (Wildman–Crippen LogP) is 0.814. The van der Waals surface area contributed by atoms with Crippen molar-refractivity contribution in [3.05, 3.63) is 34.2 Å². The lowest BCUT2D eigenvalue weighted by atomic mass is 9.91. The van der Waals surface area contributed by atoms with Gasteiger partial charge in [-0.05, 0) is 19.9 Å². The highest BCUT2D eigenvalue weighted by molar-refractivity contribution is 5.18. The highest BCUT2D eigenvalue weighted by Gasteiger charge is 2.35. The van der Waals surface area contributed by atoms with E-state index in [9.17, 15) is 4.79 Å². The quantitative estimate of drug-likeness (QED) is 0.718. The second-order valence-electron chi connectivity index (χ2n) is 4.29. The van der Waals surface area contributed by atoms with Crippen molar-refractivity contribution in [1.82, 2.24) is 10.3 Å². The van der Waals surface area contributed by atoms with Crippen LogP contribution >= 0.6 is 0 Å². The van der Waals surface area contributed by atoms with E-state index < -0.39 is 0 Å². The lowest BCUT2D eigenvalue weighted by Crippen LogP contribution is -2.50. The molecule has 1 aliphatic heterocycles. The molecule has 1 atom stereocenters. The first-order valence-electron chi connectivity index (χ1n) is 5.16. The van der Waals surface area contributed by atoms with E-state index in [1.807, 2.05) is 26.0 Å². The van der Waals surface area contributed by atoms with Gasteiger partial charge >= 0.3 is 0 Å². The third-order valence-electron chi connectivity index (χ3n) is 2.78. The van der Waals surface area contributed by atoms with Gasteiger partial charge in [0.25, 0.3) is 5.56 Å². The minimum atomic E-state index is -0.341. The summed E-state index contributed by atoms with van der Waals surface area (Å²) in [5, 5.41) is 3.32. The molecule has 0 aromatic carbocycles. The number of aromatic amines is 1. The summed E-state index contributed by atoms with van der Waals surface area (Å²) >= 11 is 0. The average Bonchev–Trinajstić information content (AvgIpc) is 2.19. The molecule has 2 N–H and O–H groups in total. The van der Waals surface area contributed by atoms with Crippen molar-refractivity contribution in [2.45, 2.75) is 25.5 Å². The second-order valence-corrected chi connectivity index (χ2v) is 4.29. The van der Waals surface area contributed by atoms with Gasteiger partial charge in [0.1, 0.15) is 0 Å². The Balaban J connectivity index is 2.37. The van der Waals surface area contributed by atoms with Crippen molar-refractivity contribution < 1.29 is 4.74 Å². The monoisotopic (exact) mass is 208 g/mol. The van der Waals surface area contributed by atoms with Crippen LogP contribution in [0, 0.1) is 0 Å². The van der Waals surface area contributed by atoms with E-state index in [1.165, 1.54) is 0 Å². The van der Waals surface area contributed by atoms with Crippen LogP contribution in [0.4, 0.5) is 0 Å². The molecule has 1 aromatic rings. The van der Waals surface area contributed by atoms with Crippen molar-refractivity contribution >= 4 is 0 Å². The smallest absolute Gasteiger partial charge is 0.252 e. The summed E-state index contributed by atoms with van der Waals surface area (Å²) in [6.45, 7) is 5.46.